The lowest BCUT2D eigenvalue weighted by molar-refractivity contribution is 0.0798. The summed E-state index contributed by atoms with van der Waals surface area (Å²) in [6.45, 7) is 4.70. The van der Waals surface area contributed by atoms with Crippen molar-refractivity contribution in [1.82, 2.24) is 24.6 Å². The average molecular weight is 399 g/mol. The molecular weight excluding hydrogens is 374 g/mol. The van der Waals surface area contributed by atoms with Gasteiger partial charge in [0.15, 0.2) is 5.65 Å². The SMILES string of the molecule is CC(C)n1ncc2c(C(=O)N(C)CCc3ccccn3)cc(-c3ccccc3)nc21. The Hall–Kier alpha value is -3.54. The summed E-state index contributed by atoms with van der Waals surface area (Å²) in [4.78, 5) is 24.3. The molecule has 6 nitrogen and oxygen atoms in total. The van der Waals surface area contributed by atoms with Crippen LogP contribution in [0.4, 0.5) is 0 Å². The van der Waals surface area contributed by atoms with Gasteiger partial charge >= 0.3 is 0 Å². The maximum atomic E-state index is 13.4. The molecule has 0 aliphatic rings. The molecule has 0 N–H and O–H groups in total. The second-order valence-corrected chi connectivity index (χ2v) is 7.64. The number of carbonyl (C=O) groups excluding carboxylic acids is 1. The summed E-state index contributed by atoms with van der Waals surface area (Å²) in [5.74, 6) is -0.0428. The Labute approximate surface area is 176 Å². The van der Waals surface area contributed by atoms with Gasteiger partial charge in [-0.25, -0.2) is 9.67 Å². The number of nitrogens with zero attached hydrogens (tertiary/aromatic N) is 5. The number of benzene rings is 1. The van der Waals surface area contributed by atoms with Gasteiger partial charge in [0.2, 0.25) is 0 Å². The van der Waals surface area contributed by atoms with Crippen molar-refractivity contribution in [2.75, 3.05) is 13.6 Å². The topological polar surface area (TPSA) is 63.9 Å². The molecule has 0 atom stereocenters. The monoisotopic (exact) mass is 399 g/mol. The Balaban J connectivity index is 1.72. The van der Waals surface area contributed by atoms with Crippen LogP contribution in [0.25, 0.3) is 22.3 Å². The van der Waals surface area contributed by atoms with E-state index in [4.69, 9.17) is 4.98 Å². The van der Waals surface area contributed by atoms with Crippen LogP contribution in [0.1, 0.15) is 35.9 Å². The smallest absolute Gasteiger partial charge is 0.254 e. The molecule has 0 saturated carbocycles. The Kier molecular flexibility index (Phi) is 5.57. The second kappa shape index (κ2) is 8.45. The summed E-state index contributed by atoms with van der Waals surface area (Å²) in [7, 11) is 1.83. The lowest BCUT2D eigenvalue weighted by Crippen LogP contribution is -2.29. The first-order valence-corrected chi connectivity index (χ1v) is 10.1. The number of hydrogen-bond acceptors (Lipinski definition) is 4. The quantitative estimate of drug-likeness (QED) is 0.482. The van der Waals surface area contributed by atoms with E-state index in [0.29, 0.717) is 18.5 Å². The van der Waals surface area contributed by atoms with Gasteiger partial charge in [0.1, 0.15) is 0 Å². The van der Waals surface area contributed by atoms with E-state index in [9.17, 15) is 4.79 Å². The normalized spacial score (nSPS) is 11.2. The lowest BCUT2D eigenvalue weighted by Gasteiger charge is -2.18. The number of fused-ring (bicyclic) bond motifs is 1. The van der Waals surface area contributed by atoms with E-state index >= 15 is 0 Å². The van der Waals surface area contributed by atoms with Crippen LogP contribution < -0.4 is 0 Å². The highest BCUT2D eigenvalue weighted by Gasteiger charge is 2.21. The fourth-order valence-corrected chi connectivity index (χ4v) is 3.47. The second-order valence-electron chi connectivity index (χ2n) is 7.64. The van der Waals surface area contributed by atoms with E-state index in [-0.39, 0.29) is 11.9 Å². The third-order valence-corrected chi connectivity index (χ3v) is 5.13. The summed E-state index contributed by atoms with van der Waals surface area (Å²) in [5, 5.41) is 5.27. The molecule has 0 aliphatic carbocycles. The zero-order chi connectivity index (χ0) is 21.1. The number of carbonyl (C=O) groups is 1. The van der Waals surface area contributed by atoms with Crippen molar-refractivity contribution in [2.45, 2.75) is 26.3 Å². The fraction of sp³-hybridized carbons (Fsp3) is 0.250. The molecule has 0 fully saturated rings. The molecule has 4 rings (SSSR count). The summed E-state index contributed by atoms with van der Waals surface area (Å²) >= 11 is 0. The van der Waals surface area contributed by atoms with Crippen molar-refractivity contribution in [3.8, 4) is 11.3 Å². The molecule has 3 heterocycles. The Morgan fingerprint density at radius 2 is 1.87 bits per heavy atom. The zero-order valence-corrected chi connectivity index (χ0v) is 17.5. The first-order chi connectivity index (χ1) is 14.5. The van der Waals surface area contributed by atoms with Crippen LogP contribution in [-0.4, -0.2) is 44.1 Å². The Morgan fingerprint density at radius 3 is 2.57 bits per heavy atom. The molecule has 0 aliphatic heterocycles. The van der Waals surface area contributed by atoms with Gasteiger partial charge < -0.3 is 4.90 Å². The van der Waals surface area contributed by atoms with E-state index < -0.39 is 0 Å². The highest BCUT2D eigenvalue weighted by Crippen LogP contribution is 2.27. The largest absolute Gasteiger partial charge is 0.341 e. The van der Waals surface area contributed by atoms with Gasteiger partial charge in [0.25, 0.3) is 5.91 Å². The molecule has 0 saturated heterocycles. The van der Waals surface area contributed by atoms with E-state index in [1.54, 1.807) is 17.3 Å². The third-order valence-electron chi connectivity index (χ3n) is 5.13. The molecule has 0 bridgehead atoms. The summed E-state index contributed by atoms with van der Waals surface area (Å²) in [6, 6.07) is 17.8. The van der Waals surface area contributed by atoms with Gasteiger partial charge in [0, 0.05) is 43.5 Å². The van der Waals surface area contributed by atoms with Crippen molar-refractivity contribution in [2.24, 2.45) is 0 Å². The Morgan fingerprint density at radius 1 is 1.10 bits per heavy atom. The average Bonchev–Trinajstić information content (AvgIpc) is 3.22. The van der Waals surface area contributed by atoms with Crippen LogP contribution in [-0.2, 0) is 6.42 Å². The summed E-state index contributed by atoms with van der Waals surface area (Å²) < 4.78 is 1.87. The maximum Gasteiger partial charge on any atom is 0.254 e. The van der Waals surface area contributed by atoms with Gasteiger partial charge in [-0.3, -0.25) is 9.78 Å². The number of hydrogen-bond donors (Lipinski definition) is 0. The minimum atomic E-state index is -0.0428. The highest BCUT2D eigenvalue weighted by atomic mass is 16.2. The van der Waals surface area contributed by atoms with Gasteiger partial charge in [0.05, 0.1) is 22.8 Å². The molecule has 0 radical (unpaired) electrons. The van der Waals surface area contributed by atoms with E-state index in [0.717, 1.165) is 28.0 Å². The Bertz CT molecular complexity index is 1150. The van der Waals surface area contributed by atoms with Crippen LogP contribution in [0.5, 0.6) is 0 Å². The van der Waals surface area contributed by atoms with Gasteiger partial charge in [-0.15, -0.1) is 0 Å². The summed E-state index contributed by atoms with van der Waals surface area (Å²) in [6.07, 6.45) is 4.22. The predicted molar refractivity (Wildman–Crippen MR) is 118 cm³/mol. The van der Waals surface area contributed by atoms with Gasteiger partial charge in [-0.2, -0.15) is 5.10 Å². The molecule has 4 aromatic rings. The molecule has 152 valence electrons. The number of pyridine rings is 2. The van der Waals surface area contributed by atoms with Crippen molar-refractivity contribution in [1.29, 1.82) is 0 Å². The van der Waals surface area contributed by atoms with Crippen molar-refractivity contribution < 1.29 is 4.79 Å². The van der Waals surface area contributed by atoms with Crippen LogP contribution in [0.15, 0.2) is 67.0 Å². The van der Waals surface area contributed by atoms with E-state index in [2.05, 4.69) is 23.9 Å². The third kappa shape index (κ3) is 3.94. The molecule has 0 unspecified atom stereocenters. The molecule has 1 aromatic carbocycles. The van der Waals surface area contributed by atoms with Crippen LogP contribution >= 0.6 is 0 Å². The fourth-order valence-electron chi connectivity index (χ4n) is 3.47. The van der Waals surface area contributed by atoms with E-state index in [1.807, 2.05) is 66.3 Å². The molecule has 1 amide bonds. The van der Waals surface area contributed by atoms with Gasteiger partial charge in [-0.1, -0.05) is 36.4 Å². The van der Waals surface area contributed by atoms with Crippen molar-refractivity contribution in [3.05, 3.63) is 78.2 Å². The molecule has 6 heteroatoms. The predicted octanol–water partition coefficient (Wildman–Crippen LogP) is 4.39. The van der Waals surface area contributed by atoms with Crippen LogP contribution in [0.2, 0.25) is 0 Å². The lowest BCUT2D eigenvalue weighted by atomic mass is 10.1. The van der Waals surface area contributed by atoms with Crippen molar-refractivity contribution in [3.63, 3.8) is 0 Å². The molecular formula is C24H25N5O. The highest BCUT2D eigenvalue weighted by molar-refractivity contribution is 6.06. The molecule has 0 spiro atoms. The maximum absolute atomic E-state index is 13.4. The first kappa shape index (κ1) is 19.8. The molecule has 30 heavy (non-hydrogen) atoms. The van der Waals surface area contributed by atoms with Crippen LogP contribution in [0.3, 0.4) is 0 Å². The number of rotatable bonds is 6. The standard InChI is InChI=1S/C24H25N5O/c1-17(2)29-23-21(16-26-29)20(15-22(27-23)18-9-5-4-6-10-18)24(30)28(3)14-12-19-11-7-8-13-25-19/h4-11,13,15-17H,12,14H2,1-3H3. The number of aromatic nitrogens is 4. The minimum Gasteiger partial charge on any atom is -0.341 e. The zero-order valence-electron chi connectivity index (χ0n) is 17.5. The molecule has 3 aromatic heterocycles. The van der Waals surface area contributed by atoms with E-state index in [1.165, 1.54) is 0 Å². The summed E-state index contributed by atoms with van der Waals surface area (Å²) in [5.41, 5.74) is 4.06. The minimum absolute atomic E-state index is 0.0428. The number of likely N-dealkylation sites (N-methyl/N-ethyl adjacent to an activating group) is 1. The number of amides is 1. The van der Waals surface area contributed by atoms with Crippen LogP contribution in [0, 0.1) is 0 Å². The van der Waals surface area contributed by atoms with Gasteiger partial charge in [-0.05, 0) is 32.0 Å². The first-order valence-electron chi connectivity index (χ1n) is 10.1. The van der Waals surface area contributed by atoms with Crippen molar-refractivity contribution >= 4 is 16.9 Å².